The molecule has 4 heteroatoms. The first kappa shape index (κ1) is 13.5. The molecule has 3 nitrogen and oxygen atoms in total. The average Bonchev–Trinajstić information content (AvgIpc) is 2.35. The van der Waals surface area contributed by atoms with Crippen molar-refractivity contribution in [3.05, 3.63) is 11.6 Å². The van der Waals surface area contributed by atoms with Crippen LogP contribution >= 0.6 is 12.2 Å². The summed E-state index contributed by atoms with van der Waals surface area (Å²) in [6.45, 7) is 4.64. The van der Waals surface area contributed by atoms with Gasteiger partial charge in [-0.2, -0.15) is 5.10 Å². The molecule has 3 N–H and O–H groups in total. The van der Waals surface area contributed by atoms with E-state index in [2.05, 4.69) is 30.5 Å². The highest BCUT2D eigenvalue weighted by Crippen LogP contribution is 2.42. The predicted molar refractivity (Wildman–Crippen MR) is 80.3 cm³/mol. The first-order chi connectivity index (χ1) is 8.58. The molecule has 0 radical (unpaired) electrons. The number of hydrogen-bond acceptors (Lipinski definition) is 2. The van der Waals surface area contributed by atoms with E-state index in [1.165, 1.54) is 25.7 Å². The first-order valence-corrected chi connectivity index (χ1v) is 7.31. The van der Waals surface area contributed by atoms with Crippen molar-refractivity contribution in [1.82, 2.24) is 5.43 Å². The third-order valence-corrected chi connectivity index (χ3v) is 4.28. The van der Waals surface area contributed by atoms with Crippen LogP contribution in [0.15, 0.2) is 16.8 Å². The Balaban J connectivity index is 2.20. The standard InChI is InChI=1S/C14H23N3S/c1-9(2)13-8-11(16-17-14(15)18)7-10-5-3-4-6-12(10)13/h7,9,12-13H,3-6,8H2,1-2H3,(H3,15,17,18)/b16-11+/t12-,13+/m1/s1. The molecule has 1 fully saturated rings. The molecule has 0 heterocycles. The fourth-order valence-corrected chi connectivity index (χ4v) is 3.34. The van der Waals surface area contributed by atoms with Crippen LogP contribution in [0.4, 0.5) is 0 Å². The minimum atomic E-state index is 0.243. The molecule has 0 amide bonds. The molecule has 2 rings (SSSR count). The number of thiocarbonyl (C=S) groups is 1. The van der Waals surface area contributed by atoms with Gasteiger partial charge in [0.05, 0.1) is 5.71 Å². The Morgan fingerprint density at radius 3 is 2.94 bits per heavy atom. The number of nitrogens with one attached hydrogen (secondary N) is 1. The van der Waals surface area contributed by atoms with Gasteiger partial charge < -0.3 is 5.73 Å². The predicted octanol–water partition coefficient (Wildman–Crippen LogP) is 2.97. The fourth-order valence-electron chi connectivity index (χ4n) is 3.29. The highest BCUT2D eigenvalue weighted by molar-refractivity contribution is 7.80. The second kappa shape index (κ2) is 5.83. The molecule has 0 unspecified atom stereocenters. The lowest BCUT2D eigenvalue weighted by molar-refractivity contribution is 0.249. The summed E-state index contributed by atoms with van der Waals surface area (Å²) in [5.74, 6) is 2.20. The van der Waals surface area contributed by atoms with E-state index >= 15 is 0 Å². The number of allylic oxidation sites excluding steroid dienone is 2. The Labute approximate surface area is 115 Å². The molecule has 2 aliphatic rings. The summed E-state index contributed by atoms with van der Waals surface area (Å²) in [5.41, 5.74) is 10.8. The monoisotopic (exact) mass is 265 g/mol. The third kappa shape index (κ3) is 3.10. The van der Waals surface area contributed by atoms with Gasteiger partial charge in [-0.1, -0.05) is 25.8 Å². The number of hydrazone groups is 1. The van der Waals surface area contributed by atoms with Gasteiger partial charge in [-0.25, -0.2) is 0 Å². The summed E-state index contributed by atoms with van der Waals surface area (Å²) in [4.78, 5) is 0. The molecule has 1 saturated carbocycles. The highest BCUT2D eigenvalue weighted by atomic mass is 32.1. The molecule has 0 aliphatic heterocycles. The quantitative estimate of drug-likeness (QED) is 0.596. The van der Waals surface area contributed by atoms with Crippen LogP contribution in [0.25, 0.3) is 0 Å². The van der Waals surface area contributed by atoms with Crippen LogP contribution in [-0.2, 0) is 0 Å². The van der Waals surface area contributed by atoms with E-state index in [1.54, 1.807) is 5.57 Å². The summed E-state index contributed by atoms with van der Waals surface area (Å²) >= 11 is 4.80. The number of fused-ring (bicyclic) bond motifs is 1. The van der Waals surface area contributed by atoms with Crippen molar-refractivity contribution in [3.8, 4) is 0 Å². The lowest BCUT2D eigenvalue weighted by Gasteiger charge is -2.38. The van der Waals surface area contributed by atoms with E-state index in [-0.39, 0.29) is 5.11 Å². The van der Waals surface area contributed by atoms with Crippen molar-refractivity contribution >= 4 is 23.0 Å². The van der Waals surface area contributed by atoms with Crippen LogP contribution in [0.5, 0.6) is 0 Å². The van der Waals surface area contributed by atoms with Gasteiger partial charge in [-0.3, -0.25) is 5.43 Å². The molecular weight excluding hydrogens is 242 g/mol. The topological polar surface area (TPSA) is 50.4 Å². The number of rotatable bonds is 2. The van der Waals surface area contributed by atoms with Crippen molar-refractivity contribution in [2.24, 2.45) is 28.6 Å². The number of nitrogens with two attached hydrogens (primary N) is 1. The van der Waals surface area contributed by atoms with E-state index in [1.807, 2.05) is 0 Å². The van der Waals surface area contributed by atoms with Gasteiger partial charge in [0.15, 0.2) is 5.11 Å². The van der Waals surface area contributed by atoms with E-state index < -0.39 is 0 Å². The van der Waals surface area contributed by atoms with Gasteiger partial charge >= 0.3 is 0 Å². The summed E-state index contributed by atoms with van der Waals surface area (Å²) in [6.07, 6.45) is 8.60. The second-order valence-corrected chi connectivity index (χ2v) is 6.20. The summed E-state index contributed by atoms with van der Waals surface area (Å²) in [6, 6.07) is 0. The van der Waals surface area contributed by atoms with Crippen molar-refractivity contribution < 1.29 is 0 Å². The van der Waals surface area contributed by atoms with Crippen molar-refractivity contribution in [3.63, 3.8) is 0 Å². The lowest BCUT2D eigenvalue weighted by atomic mass is 9.67. The first-order valence-electron chi connectivity index (χ1n) is 6.90. The summed E-state index contributed by atoms with van der Waals surface area (Å²) in [5, 5.41) is 4.57. The Kier molecular flexibility index (Phi) is 4.38. The lowest BCUT2D eigenvalue weighted by Crippen LogP contribution is -2.32. The highest BCUT2D eigenvalue weighted by Gasteiger charge is 2.33. The summed E-state index contributed by atoms with van der Waals surface area (Å²) in [7, 11) is 0. The number of hydrogen-bond donors (Lipinski definition) is 2. The molecule has 100 valence electrons. The van der Waals surface area contributed by atoms with Crippen LogP contribution in [0.3, 0.4) is 0 Å². The third-order valence-electron chi connectivity index (χ3n) is 4.19. The molecular formula is C14H23N3S. The maximum Gasteiger partial charge on any atom is 0.184 e. The van der Waals surface area contributed by atoms with E-state index in [9.17, 15) is 0 Å². The smallest absolute Gasteiger partial charge is 0.184 e. The zero-order chi connectivity index (χ0) is 13.1. The minimum Gasteiger partial charge on any atom is -0.375 e. The van der Waals surface area contributed by atoms with E-state index in [4.69, 9.17) is 18.0 Å². The molecule has 2 aliphatic carbocycles. The largest absolute Gasteiger partial charge is 0.375 e. The van der Waals surface area contributed by atoms with Crippen molar-refractivity contribution in [1.29, 1.82) is 0 Å². The van der Waals surface area contributed by atoms with Gasteiger partial charge in [0.1, 0.15) is 0 Å². The Morgan fingerprint density at radius 1 is 1.50 bits per heavy atom. The average molecular weight is 265 g/mol. The van der Waals surface area contributed by atoms with Gasteiger partial charge in [-0.05, 0) is 61.7 Å². The molecule has 0 saturated heterocycles. The normalized spacial score (nSPS) is 29.9. The molecule has 0 spiro atoms. The minimum absolute atomic E-state index is 0.243. The SMILES string of the molecule is CC(C)[C@@H]1C/C(=N/NC(N)=S)C=C2CCCC[C@H]21. The van der Waals surface area contributed by atoms with Crippen molar-refractivity contribution in [2.75, 3.05) is 0 Å². The van der Waals surface area contributed by atoms with Gasteiger partial charge in [0.25, 0.3) is 0 Å². The van der Waals surface area contributed by atoms with Gasteiger partial charge in [0, 0.05) is 0 Å². The molecule has 2 atom stereocenters. The van der Waals surface area contributed by atoms with Gasteiger partial charge in [-0.15, -0.1) is 0 Å². The van der Waals surface area contributed by atoms with Crippen LogP contribution in [0.2, 0.25) is 0 Å². The van der Waals surface area contributed by atoms with Crippen molar-refractivity contribution in [2.45, 2.75) is 46.0 Å². The van der Waals surface area contributed by atoms with E-state index in [0.29, 0.717) is 5.92 Å². The zero-order valence-corrected chi connectivity index (χ0v) is 12.1. The molecule has 0 aromatic carbocycles. The Morgan fingerprint density at radius 2 is 2.28 bits per heavy atom. The van der Waals surface area contributed by atoms with Crippen LogP contribution < -0.4 is 11.2 Å². The molecule has 18 heavy (non-hydrogen) atoms. The zero-order valence-electron chi connectivity index (χ0n) is 11.3. The fraction of sp³-hybridized carbons (Fsp3) is 0.714. The maximum absolute atomic E-state index is 5.43. The molecule has 0 bridgehead atoms. The van der Waals surface area contributed by atoms with Crippen LogP contribution in [0, 0.1) is 17.8 Å². The second-order valence-electron chi connectivity index (χ2n) is 5.76. The van der Waals surface area contributed by atoms with Crippen LogP contribution in [0.1, 0.15) is 46.0 Å². The Bertz CT molecular complexity index is 385. The van der Waals surface area contributed by atoms with Crippen LogP contribution in [-0.4, -0.2) is 10.8 Å². The summed E-state index contributed by atoms with van der Waals surface area (Å²) < 4.78 is 0. The Hall–Kier alpha value is -0.900. The maximum atomic E-state index is 5.43. The van der Waals surface area contributed by atoms with E-state index in [0.717, 1.165) is 24.0 Å². The molecule has 0 aromatic rings. The van der Waals surface area contributed by atoms with Gasteiger partial charge in [0.2, 0.25) is 0 Å². The number of nitrogens with zero attached hydrogens (tertiary/aromatic N) is 1. The molecule has 0 aromatic heterocycles.